The van der Waals surface area contributed by atoms with Crippen molar-refractivity contribution in [3.05, 3.63) is 5.69 Å². The molecule has 1 saturated heterocycles. The standard InChI is InChI=1S/C10H17N3S2/c1-7-9(15-10(11)13-7)14-6-8-3-2-4-12-5-8/h8,12H,2-6H2,1H3,(H2,11,13). The largest absolute Gasteiger partial charge is 0.375 e. The van der Waals surface area contributed by atoms with Crippen LogP contribution >= 0.6 is 23.1 Å². The highest BCUT2D eigenvalue weighted by Gasteiger charge is 2.14. The van der Waals surface area contributed by atoms with Crippen LogP contribution in [-0.2, 0) is 0 Å². The van der Waals surface area contributed by atoms with Crippen LogP contribution in [0.4, 0.5) is 5.13 Å². The first-order valence-electron chi connectivity index (χ1n) is 5.32. The Morgan fingerprint density at radius 1 is 1.67 bits per heavy atom. The zero-order valence-electron chi connectivity index (χ0n) is 8.95. The molecule has 1 atom stereocenters. The van der Waals surface area contributed by atoms with Crippen molar-refractivity contribution in [2.75, 3.05) is 24.6 Å². The van der Waals surface area contributed by atoms with Gasteiger partial charge in [-0.15, -0.1) is 11.8 Å². The molecule has 1 aliphatic heterocycles. The number of hydrogen-bond donors (Lipinski definition) is 2. The highest BCUT2D eigenvalue weighted by molar-refractivity contribution is 8.01. The van der Waals surface area contributed by atoms with E-state index in [1.807, 2.05) is 18.7 Å². The van der Waals surface area contributed by atoms with E-state index in [4.69, 9.17) is 5.73 Å². The fourth-order valence-electron chi connectivity index (χ4n) is 1.80. The molecule has 0 amide bonds. The van der Waals surface area contributed by atoms with Crippen LogP contribution in [-0.4, -0.2) is 23.8 Å². The monoisotopic (exact) mass is 243 g/mol. The van der Waals surface area contributed by atoms with E-state index in [1.165, 1.54) is 35.9 Å². The Kier molecular flexibility index (Phi) is 3.88. The van der Waals surface area contributed by atoms with Gasteiger partial charge in [0.15, 0.2) is 5.13 Å². The Labute approximate surface area is 98.9 Å². The molecule has 2 rings (SSSR count). The van der Waals surface area contributed by atoms with Crippen LogP contribution in [0.1, 0.15) is 18.5 Å². The number of piperidine rings is 1. The van der Waals surface area contributed by atoms with Gasteiger partial charge in [0.25, 0.3) is 0 Å². The third kappa shape index (κ3) is 3.09. The molecule has 1 unspecified atom stereocenters. The molecule has 0 bridgehead atoms. The second-order valence-electron chi connectivity index (χ2n) is 3.95. The topological polar surface area (TPSA) is 50.9 Å². The van der Waals surface area contributed by atoms with Gasteiger partial charge in [0.2, 0.25) is 0 Å². The first-order chi connectivity index (χ1) is 7.25. The summed E-state index contributed by atoms with van der Waals surface area (Å²) < 4.78 is 1.29. The first-order valence-corrected chi connectivity index (χ1v) is 7.12. The van der Waals surface area contributed by atoms with Crippen molar-refractivity contribution in [2.45, 2.75) is 24.0 Å². The molecule has 5 heteroatoms. The Balaban J connectivity index is 1.84. The van der Waals surface area contributed by atoms with Crippen LogP contribution in [0.25, 0.3) is 0 Å². The molecule has 1 aliphatic rings. The molecule has 0 radical (unpaired) electrons. The van der Waals surface area contributed by atoms with Crippen LogP contribution in [0.3, 0.4) is 0 Å². The van der Waals surface area contributed by atoms with Crippen molar-refractivity contribution < 1.29 is 0 Å². The van der Waals surface area contributed by atoms with E-state index >= 15 is 0 Å². The molecular formula is C10H17N3S2. The Morgan fingerprint density at radius 3 is 3.13 bits per heavy atom. The fraction of sp³-hybridized carbons (Fsp3) is 0.700. The molecule has 2 heterocycles. The minimum atomic E-state index is 0.691. The van der Waals surface area contributed by atoms with E-state index in [-0.39, 0.29) is 0 Å². The highest BCUT2D eigenvalue weighted by Crippen LogP contribution is 2.32. The van der Waals surface area contributed by atoms with E-state index in [9.17, 15) is 0 Å². The lowest BCUT2D eigenvalue weighted by atomic mass is 10.0. The number of nitrogens with two attached hydrogens (primary N) is 1. The minimum absolute atomic E-state index is 0.691. The van der Waals surface area contributed by atoms with Crippen LogP contribution in [0.15, 0.2) is 4.21 Å². The zero-order valence-corrected chi connectivity index (χ0v) is 10.6. The van der Waals surface area contributed by atoms with Crippen LogP contribution < -0.4 is 11.1 Å². The molecule has 15 heavy (non-hydrogen) atoms. The number of rotatable bonds is 3. The number of aromatic nitrogens is 1. The summed E-state index contributed by atoms with van der Waals surface area (Å²) in [5.41, 5.74) is 6.76. The molecule has 0 aromatic carbocycles. The second-order valence-corrected chi connectivity index (χ2v) is 6.27. The van der Waals surface area contributed by atoms with Gasteiger partial charge in [-0.05, 0) is 38.8 Å². The second kappa shape index (κ2) is 5.18. The predicted octanol–water partition coefficient (Wildman–Crippen LogP) is 2.13. The summed E-state index contributed by atoms with van der Waals surface area (Å²) in [4.78, 5) is 4.23. The van der Waals surface area contributed by atoms with Gasteiger partial charge in [0.05, 0.1) is 9.90 Å². The molecule has 1 aromatic rings. The van der Waals surface area contributed by atoms with Gasteiger partial charge in [0.1, 0.15) is 0 Å². The number of nitrogen functional groups attached to an aromatic ring is 1. The SMILES string of the molecule is Cc1nc(N)sc1SCC1CCCNC1. The number of nitrogens with one attached hydrogen (secondary N) is 1. The molecule has 3 nitrogen and oxygen atoms in total. The van der Waals surface area contributed by atoms with Crippen molar-refractivity contribution in [2.24, 2.45) is 5.92 Å². The van der Waals surface area contributed by atoms with Gasteiger partial charge in [-0.1, -0.05) is 11.3 Å². The van der Waals surface area contributed by atoms with Gasteiger partial charge >= 0.3 is 0 Å². The van der Waals surface area contributed by atoms with Gasteiger partial charge in [-0.3, -0.25) is 0 Å². The van der Waals surface area contributed by atoms with Crippen molar-refractivity contribution in [1.29, 1.82) is 0 Å². The van der Waals surface area contributed by atoms with E-state index in [1.54, 1.807) is 11.3 Å². The number of thioether (sulfide) groups is 1. The normalized spacial score (nSPS) is 21.8. The van der Waals surface area contributed by atoms with Gasteiger partial charge < -0.3 is 11.1 Å². The van der Waals surface area contributed by atoms with Crippen molar-refractivity contribution in [3.8, 4) is 0 Å². The van der Waals surface area contributed by atoms with Gasteiger partial charge in [-0.25, -0.2) is 4.98 Å². The van der Waals surface area contributed by atoms with E-state index in [0.717, 1.165) is 11.6 Å². The number of hydrogen-bond acceptors (Lipinski definition) is 5. The minimum Gasteiger partial charge on any atom is -0.375 e. The Hall–Kier alpha value is -0.260. The van der Waals surface area contributed by atoms with Crippen LogP contribution in [0.5, 0.6) is 0 Å². The molecule has 84 valence electrons. The number of thiazole rings is 1. The number of anilines is 1. The Morgan fingerprint density at radius 2 is 2.53 bits per heavy atom. The first kappa shape index (κ1) is 11.2. The molecule has 1 aromatic heterocycles. The molecular weight excluding hydrogens is 226 g/mol. The number of nitrogens with zero attached hydrogens (tertiary/aromatic N) is 1. The summed E-state index contributed by atoms with van der Waals surface area (Å²) >= 11 is 3.52. The molecule has 3 N–H and O–H groups in total. The lowest BCUT2D eigenvalue weighted by Gasteiger charge is -2.21. The van der Waals surface area contributed by atoms with Crippen molar-refractivity contribution in [3.63, 3.8) is 0 Å². The van der Waals surface area contributed by atoms with E-state index in [2.05, 4.69) is 10.3 Å². The fourth-order valence-corrected chi connectivity index (χ4v) is 3.98. The lowest BCUT2D eigenvalue weighted by Crippen LogP contribution is -2.30. The maximum Gasteiger partial charge on any atom is 0.181 e. The molecule has 0 aliphatic carbocycles. The van der Waals surface area contributed by atoms with Crippen molar-refractivity contribution >= 4 is 28.2 Å². The summed E-state index contributed by atoms with van der Waals surface area (Å²) in [5.74, 6) is 2.00. The molecule has 0 saturated carbocycles. The number of aryl methyl sites for hydroxylation is 1. The third-order valence-corrected chi connectivity index (χ3v) is 5.20. The van der Waals surface area contributed by atoms with Crippen LogP contribution in [0.2, 0.25) is 0 Å². The quantitative estimate of drug-likeness (QED) is 0.799. The predicted molar refractivity (Wildman–Crippen MR) is 67.6 cm³/mol. The smallest absolute Gasteiger partial charge is 0.181 e. The van der Waals surface area contributed by atoms with Crippen molar-refractivity contribution in [1.82, 2.24) is 10.3 Å². The maximum absolute atomic E-state index is 5.67. The summed E-state index contributed by atoms with van der Waals surface area (Å²) in [6.45, 7) is 4.39. The van der Waals surface area contributed by atoms with E-state index < -0.39 is 0 Å². The molecule has 1 fully saturated rings. The summed E-state index contributed by atoms with van der Waals surface area (Å²) in [7, 11) is 0. The highest BCUT2D eigenvalue weighted by atomic mass is 32.2. The molecule has 0 spiro atoms. The Bertz CT molecular complexity index is 318. The lowest BCUT2D eigenvalue weighted by molar-refractivity contribution is 0.410. The summed E-state index contributed by atoms with van der Waals surface area (Å²) in [6, 6.07) is 0. The average molecular weight is 243 g/mol. The van der Waals surface area contributed by atoms with Gasteiger partial charge in [0, 0.05) is 5.75 Å². The summed E-state index contributed by atoms with van der Waals surface area (Å²) in [5, 5.41) is 4.13. The zero-order chi connectivity index (χ0) is 10.7. The summed E-state index contributed by atoms with van der Waals surface area (Å²) in [6.07, 6.45) is 2.67. The van der Waals surface area contributed by atoms with E-state index in [0.29, 0.717) is 5.13 Å². The average Bonchev–Trinajstić information content (AvgIpc) is 2.56. The maximum atomic E-state index is 5.67. The van der Waals surface area contributed by atoms with Gasteiger partial charge in [-0.2, -0.15) is 0 Å². The van der Waals surface area contributed by atoms with Crippen LogP contribution in [0, 0.1) is 12.8 Å². The third-order valence-electron chi connectivity index (χ3n) is 2.62.